The van der Waals surface area contributed by atoms with Gasteiger partial charge in [-0.1, -0.05) is 62.2 Å². The van der Waals surface area contributed by atoms with Crippen molar-refractivity contribution in [1.29, 1.82) is 0 Å². The summed E-state index contributed by atoms with van der Waals surface area (Å²) in [5.74, 6) is 0.702. The Morgan fingerprint density at radius 1 is 1.09 bits per heavy atom. The number of amides is 2. The molecule has 2 aromatic carbocycles. The number of nitrogens with zero attached hydrogens (tertiary/aromatic N) is 2. The summed E-state index contributed by atoms with van der Waals surface area (Å²) in [5, 5.41) is 14.0. The molecule has 1 saturated carbocycles. The second-order valence-corrected chi connectivity index (χ2v) is 9.64. The monoisotopic (exact) mass is 483 g/mol. The molecule has 0 radical (unpaired) electrons. The summed E-state index contributed by atoms with van der Waals surface area (Å²) in [4.78, 5) is 38.5. The lowest BCUT2D eigenvalue weighted by Crippen LogP contribution is -2.52. The van der Waals surface area contributed by atoms with Crippen molar-refractivity contribution in [3.8, 4) is 0 Å². The Hall–Kier alpha value is -2.87. The molecule has 182 valence electrons. The van der Waals surface area contributed by atoms with Crippen LogP contribution in [0, 0.1) is 10.1 Å². The number of non-ortho nitro benzene ring substituents is 1. The van der Waals surface area contributed by atoms with E-state index in [4.69, 9.17) is 0 Å². The van der Waals surface area contributed by atoms with Crippen LogP contribution >= 0.6 is 11.8 Å². The van der Waals surface area contributed by atoms with Crippen molar-refractivity contribution in [3.05, 3.63) is 75.8 Å². The van der Waals surface area contributed by atoms with E-state index in [9.17, 15) is 19.7 Å². The molecule has 1 atom stereocenters. The number of nitrogens with one attached hydrogen (secondary N) is 1. The van der Waals surface area contributed by atoms with Crippen LogP contribution in [0.25, 0.3) is 0 Å². The van der Waals surface area contributed by atoms with Crippen molar-refractivity contribution in [1.82, 2.24) is 10.2 Å². The third kappa shape index (κ3) is 7.58. The molecule has 34 heavy (non-hydrogen) atoms. The number of hydrogen-bond donors (Lipinski definition) is 1. The summed E-state index contributed by atoms with van der Waals surface area (Å²) in [7, 11) is 0. The first kappa shape index (κ1) is 25.7. The summed E-state index contributed by atoms with van der Waals surface area (Å²) in [6.45, 7) is 2.43. The Bertz CT molecular complexity index is 946. The molecule has 7 nitrogen and oxygen atoms in total. The van der Waals surface area contributed by atoms with Gasteiger partial charge in [-0.05, 0) is 36.8 Å². The number of benzene rings is 2. The first-order valence-electron chi connectivity index (χ1n) is 11.9. The molecule has 2 aromatic rings. The maximum atomic E-state index is 13.3. The second-order valence-electron chi connectivity index (χ2n) is 8.65. The van der Waals surface area contributed by atoms with E-state index in [0.717, 1.165) is 36.8 Å². The number of carbonyl (C=O) groups excluding carboxylic acids is 2. The van der Waals surface area contributed by atoms with Gasteiger partial charge in [0, 0.05) is 30.5 Å². The Morgan fingerprint density at radius 2 is 1.76 bits per heavy atom. The number of nitro benzene ring substituents is 1. The minimum Gasteiger partial charge on any atom is -0.352 e. The van der Waals surface area contributed by atoms with Gasteiger partial charge in [0.25, 0.3) is 5.69 Å². The van der Waals surface area contributed by atoms with E-state index in [1.807, 2.05) is 37.3 Å². The molecule has 8 heteroatoms. The van der Waals surface area contributed by atoms with Crippen LogP contribution in [0.15, 0.2) is 54.6 Å². The van der Waals surface area contributed by atoms with Gasteiger partial charge in [0.15, 0.2) is 0 Å². The molecule has 0 bridgehead atoms. The van der Waals surface area contributed by atoms with Crippen molar-refractivity contribution in [2.75, 3.05) is 12.3 Å². The van der Waals surface area contributed by atoms with Gasteiger partial charge in [0.05, 0.1) is 10.7 Å². The third-order valence-corrected chi connectivity index (χ3v) is 7.20. The molecule has 1 fully saturated rings. The van der Waals surface area contributed by atoms with Crippen molar-refractivity contribution in [2.45, 2.75) is 63.3 Å². The van der Waals surface area contributed by atoms with Gasteiger partial charge in [-0.3, -0.25) is 19.7 Å². The lowest BCUT2D eigenvalue weighted by atomic mass is 10.1. The minimum absolute atomic E-state index is 0.0518. The van der Waals surface area contributed by atoms with Crippen LogP contribution in [0.2, 0.25) is 0 Å². The van der Waals surface area contributed by atoms with Crippen molar-refractivity contribution in [2.24, 2.45) is 0 Å². The molecule has 1 N–H and O–H groups in total. The van der Waals surface area contributed by atoms with Crippen molar-refractivity contribution < 1.29 is 14.5 Å². The minimum atomic E-state index is -0.489. The molecule has 0 saturated heterocycles. The first-order chi connectivity index (χ1) is 16.5. The molecule has 0 spiro atoms. The Morgan fingerprint density at radius 3 is 2.38 bits per heavy atom. The van der Waals surface area contributed by atoms with E-state index in [1.54, 1.807) is 17.0 Å². The molecule has 0 heterocycles. The fourth-order valence-corrected chi connectivity index (χ4v) is 5.19. The largest absolute Gasteiger partial charge is 0.352 e. The van der Waals surface area contributed by atoms with Gasteiger partial charge in [-0.25, -0.2) is 0 Å². The third-order valence-electron chi connectivity index (χ3n) is 6.21. The van der Waals surface area contributed by atoms with Crippen LogP contribution in [-0.2, 0) is 21.8 Å². The smallest absolute Gasteiger partial charge is 0.269 e. The summed E-state index contributed by atoms with van der Waals surface area (Å²) >= 11 is 1.46. The van der Waals surface area contributed by atoms with Crippen molar-refractivity contribution in [3.63, 3.8) is 0 Å². The fraction of sp³-hybridized carbons (Fsp3) is 0.462. The summed E-state index contributed by atoms with van der Waals surface area (Å²) in [6.07, 6.45) is 5.53. The van der Waals surface area contributed by atoms with Crippen molar-refractivity contribution >= 4 is 29.3 Å². The van der Waals surface area contributed by atoms with Gasteiger partial charge in [-0.15, -0.1) is 11.8 Å². The van der Waals surface area contributed by atoms with E-state index in [0.29, 0.717) is 25.1 Å². The van der Waals surface area contributed by atoms with E-state index in [2.05, 4.69) is 5.32 Å². The van der Waals surface area contributed by atoms with E-state index in [-0.39, 0.29) is 29.3 Å². The highest BCUT2D eigenvalue weighted by Crippen LogP contribution is 2.20. The summed E-state index contributed by atoms with van der Waals surface area (Å²) in [6, 6.07) is 16.1. The summed E-state index contributed by atoms with van der Waals surface area (Å²) in [5.41, 5.74) is 2.10. The standard InChI is InChI=1S/C26H33N3O4S/c1-2-24(26(31)27-22-10-6-7-11-22)28(17-16-20-8-4-3-5-9-20)25(30)19-34-18-21-12-14-23(15-13-21)29(32)33/h3-5,8-9,12-15,22,24H,2,6-7,10-11,16-19H2,1H3,(H,27,31)/t24-/m1/s1. The fourth-order valence-electron chi connectivity index (χ4n) is 4.32. The molecular weight excluding hydrogens is 450 g/mol. The number of carbonyl (C=O) groups is 2. The zero-order valence-corrected chi connectivity index (χ0v) is 20.5. The zero-order chi connectivity index (χ0) is 24.3. The van der Waals surface area contributed by atoms with Crippen LogP contribution < -0.4 is 5.32 Å². The Kier molecular flexibility index (Phi) is 9.94. The maximum Gasteiger partial charge on any atom is 0.269 e. The van der Waals surface area contributed by atoms with E-state index < -0.39 is 11.0 Å². The SMILES string of the molecule is CC[C@H](C(=O)NC1CCCC1)N(CCc1ccccc1)C(=O)CSCc1ccc([N+](=O)[O-])cc1. The van der Waals surface area contributed by atoms with E-state index in [1.165, 1.54) is 23.9 Å². The first-order valence-corrected chi connectivity index (χ1v) is 13.1. The molecule has 1 aliphatic rings. The second kappa shape index (κ2) is 13.1. The number of nitro groups is 1. The van der Waals surface area contributed by atoms with Gasteiger partial charge >= 0.3 is 0 Å². The molecule has 1 aliphatic carbocycles. The Labute approximate surface area is 205 Å². The normalized spacial score (nSPS) is 14.5. The molecular formula is C26H33N3O4S. The van der Waals surface area contributed by atoms with Gasteiger partial charge < -0.3 is 10.2 Å². The average Bonchev–Trinajstić information content (AvgIpc) is 3.35. The maximum absolute atomic E-state index is 13.3. The van der Waals surface area contributed by atoms with Crippen LogP contribution in [-0.4, -0.2) is 46.0 Å². The number of hydrogen-bond acceptors (Lipinski definition) is 5. The zero-order valence-electron chi connectivity index (χ0n) is 19.7. The highest BCUT2D eigenvalue weighted by molar-refractivity contribution is 7.99. The lowest BCUT2D eigenvalue weighted by Gasteiger charge is -2.31. The number of thioether (sulfide) groups is 1. The van der Waals surface area contributed by atoms with Crippen LogP contribution in [0.1, 0.15) is 50.2 Å². The van der Waals surface area contributed by atoms with Gasteiger partial charge in [0.2, 0.25) is 11.8 Å². The van der Waals surface area contributed by atoms with Crippen LogP contribution in [0.5, 0.6) is 0 Å². The predicted octanol–water partition coefficient (Wildman–Crippen LogP) is 4.74. The predicted molar refractivity (Wildman–Crippen MR) is 136 cm³/mol. The van der Waals surface area contributed by atoms with E-state index >= 15 is 0 Å². The van der Waals surface area contributed by atoms with Crippen LogP contribution in [0.4, 0.5) is 5.69 Å². The topological polar surface area (TPSA) is 92.6 Å². The molecule has 0 aliphatic heterocycles. The molecule has 0 aromatic heterocycles. The van der Waals surface area contributed by atoms with Crippen LogP contribution in [0.3, 0.4) is 0 Å². The number of rotatable bonds is 12. The highest BCUT2D eigenvalue weighted by Gasteiger charge is 2.30. The lowest BCUT2D eigenvalue weighted by molar-refractivity contribution is -0.384. The van der Waals surface area contributed by atoms with Gasteiger partial charge in [-0.2, -0.15) is 0 Å². The molecule has 0 unspecified atom stereocenters. The quantitative estimate of drug-likeness (QED) is 0.348. The van der Waals surface area contributed by atoms with Gasteiger partial charge in [0.1, 0.15) is 6.04 Å². The summed E-state index contributed by atoms with van der Waals surface area (Å²) < 4.78 is 0. The molecule has 2 amide bonds. The molecule has 3 rings (SSSR count). The Balaban J connectivity index is 1.63. The highest BCUT2D eigenvalue weighted by atomic mass is 32.2. The average molecular weight is 484 g/mol.